The summed E-state index contributed by atoms with van der Waals surface area (Å²) in [5, 5.41) is 7.68. The first-order valence-corrected chi connectivity index (χ1v) is 10.8. The highest BCUT2D eigenvalue weighted by molar-refractivity contribution is 5.94. The Kier molecular flexibility index (Phi) is 7.70. The van der Waals surface area contributed by atoms with Crippen LogP contribution in [0.4, 0.5) is 0 Å². The lowest BCUT2D eigenvalue weighted by Gasteiger charge is -2.13. The van der Waals surface area contributed by atoms with E-state index >= 15 is 0 Å². The lowest BCUT2D eigenvalue weighted by atomic mass is 10.1. The first-order valence-electron chi connectivity index (χ1n) is 10.8. The van der Waals surface area contributed by atoms with Gasteiger partial charge in [-0.3, -0.25) is 9.48 Å². The van der Waals surface area contributed by atoms with Crippen LogP contribution < -0.4 is 14.8 Å². The topological polar surface area (TPSA) is 65.4 Å². The molecule has 1 heterocycles. The molecular formula is C25H31N3O3. The number of aryl methyl sites for hydroxylation is 1. The van der Waals surface area contributed by atoms with E-state index in [0.29, 0.717) is 43.4 Å². The Morgan fingerprint density at radius 3 is 2.52 bits per heavy atom. The van der Waals surface area contributed by atoms with Crippen molar-refractivity contribution in [2.45, 2.75) is 47.2 Å². The second-order valence-corrected chi connectivity index (χ2v) is 7.42. The van der Waals surface area contributed by atoms with Crippen LogP contribution in [0.1, 0.15) is 53.1 Å². The molecule has 0 radical (unpaired) electrons. The van der Waals surface area contributed by atoms with Gasteiger partial charge in [0.05, 0.1) is 25.5 Å². The Bertz CT molecular complexity index is 1010. The van der Waals surface area contributed by atoms with E-state index < -0.39 is 0 Å². The van der Waals surface area contributed by atoms with Crippen molar-refractivity contribution in [3.63, 3.8) is 0 Å². The number of nitrogens with one attached hydrogen (secondary N) is 1. The maximum absolute atomic E-state index is 12.8. The van der Waals surface area contributed by atoms with E-state index in [1.165, 1.54) is 5.56 Å². The molecular weight excluding hydrogens is 390 g/mol. The molecule has 0 fully saturated rings. The van der Waals surface area contributed by atoms with Gasteiger partial charge >= 0.3 is 0 Å². The number of hydrogen-bond acceptors (Lipinski definition) is 4. The molecule has 3 rings (SSSR count). The molecule has 31 heavy (non-hydrogen) atoms. The van der Waals surface area contributed by atoms with E-state index in [2.05, 4.69) is 22.5 Å². The number of carbonyl (C=O) groups excluding carboxylic acids is 1. The van der Waals surface area contributed by atoms with Crippen LogP contribution in [0.25, 0.3) is 0 Å². The molecule has 6 heteroatoms. The molecule has 0 saturated carbocycles. The number of ether oxygens (including phenoxy) is 2. The Labute approximate surface area is 184 Å². The molecule has 6 nitrogen and oxygen atoms in total. The van der Waals surface area contributed by atoms with Gasteiger partial charge < -0.3 is 14.8 Å². The summed E-state index contributed by atoms with van der Waals surface area (Å²) in [6.07, 6.45) is 0.907. The molecule has 1 N–H and O–H groups in total. The molecule has 1 aromatic heterocycles. The normalized spacial score (nSPS) is 10.7. The number of benzene rings is 2. The molecule has 3 aromatic rings. The predicted molar refractivity (Wildman–Crippen MR) is 122 cm³/mol. The molecule has 0 atom stereocenters. The smallest absolute Gasteiger partial charge is 0.251 e. The van der Waals surface area contributed by atoms with Gasteiger partial charge in [0.25, 0.3) is 5.91 Å². The van der Waals surface area contributed by atoms with Crippen LogP contribution in [0.3, 0.4) is 0 Å². The fraction of sp³-hybridized carbons (Fsp3) is 0.360. The quantitative estimate of drug-likeness (QED) is 0.517. The first kappa shape index (κ1) is 22.4. The van der Waals surface area contributed by atoms with Crippen LogP contribution in [-0.2, 0) is 13.1 Å². The maximum Gasteiger partial charge on any atom is 0.251 e. The minimum absolute atomic E-state index is 0.155. The molecule has 0 aliphatic heterocycles. The molecule has 0 saturated heterocycles. The van der Waals surface area contributed by atoms with Crippen molar-refractivity contribution in [1.82, 2.24) is 15.1 Å². The van der Waals surface area contributed by atoms with Crippen LogP contribution in [0.15, 0.2) is 48.5 Å². The lowest BCUT2D eigenvalue weighted by Crippen LogP contribution is -2.23. The second-order valence-electron chi connectivity index (χ2n) is 7.42. The highest BCUT2D eigenvalue weighted by Crippen LogP contribution is 2.28. The summed E-state index contributed by atoms with van der Waals surface area (Å²) in [6.45, 7) is 10.2. The molecule has 0 bridgehead atoms. The first-order chi connectivity index (χ1) is 15.0. The fourth-order valence-electron chi connectivity index (χ4n) is 3.42. The number of hydrogen-bond donors (Lipinski definition) is 1. The Balaban J connectivity index is 1.70. The van der Waals surface area contributed by atoms with Crippen LogP contribution in [-0.4, -0.2) is 28.9 Å². The van der Waals surface area contributed by atoms with Crippen LogP contribution in [0, 0.1) is 13.8 Å². The largest absolute Gasteiger partial charge is 0.490 e. The molecule has 0 aliphatic rings. The molecule has 0 spiro atoms. The maximum atomic E-state index is 12.8. The van der Waals surface area contributed by atoms with E-state index in [4.69, 9.17) is 9.47 Å². The van der Waals surface area contributed by atoms with E-state index in [1.807, 2.05) is 50.6 Å². The average molecular weight is 422 g/mol. The van der Waals surface area contributed by atoms with Crippen LogP contribution >= 0.6 is 0 Å². The van der Waals surface area contributed by atoms with Crippen molar-refractivity contribution < 1.29 is 14.3 Å². The van der Waals surface area contributed by atoms with Gasteiger partial charge in [0.15, 0.2) is 11.5 Å². The highest BCUT2D eigenvalue weighted by atomic mass is 16.5. The number of nitrogens with zero attached hydrogens (tertiary/aromatic N) is 2. The van der Waals surface area contributed by atoms with Gasteiger partial charge in [0.2, 0.25) is 0 Å². The summed E-state index contributed by atoms with van der Waals surface area (Å²) < 4.78 is 13.4. The van der Waals surface area contributed by atoms with Crippen molar-refractivity contribution in [3.8, 4) is 11.5 Å². The Morgan fingerprint density at radius 2 is 1.81 bits per heavy atom. The predicted octanol–water partition coefficient (Wildman–Crippen LogP) is 4.67. The number of carbonyl (C=O) groups is 1. The van der Waals surface area contributed by atoms with Crippen molar-refractivity contribution in [1.29, 1.82) is 0 Å². The summed E-state index contributed by atoms with van der Waals surface area (Å²) >= 11 is 0. The van der Waals surface area contributed by atoms with E-state index in [9.17, 15) is 4.79 Å². The van der Waals surface area contributed by atoms with E-state index in [0.717, 1.165) is 23.4 Å². The third-order valence-corrected chi connectivity index (χ3v) is 5.10. The van der Waals surface area contributed by atoms with Gasteiger partial charge in [0, 0.05) is 23.4 Å². The third kappa shape index (κ3) is 5.66. The Hall–Kier alpha value is -3.28. The molecule has 2 aromatic carbocycles. The number of amides is 1. The third-order valence-electron chi connectivity index (χ3n) is 5.10. The van der Waals surface area contributed by atoms with Gasteiger partial charge in [-0.05, 0) is 51.0 Å². The summed E-state index contributed by atoms with van der Waals surface area (Å²) in [6, 6.07) is 15.5. The summed E-state index contributed by atoms with van der Waals surface area (Å²) in [7, 11) is 0. The zero-order valence-corrected chi connectivity index (χ0v) is 18.8. The van der Waals surface area contributed by atoms with Gasteiger partial charge in [-0.1, -0.05) is 37.3 Å². The molecule has 0 unspecified atom stereocenters. The highest BCUT2D eigenvalue weighted by Gasteiger charge is 2.15. The van der Waals surface area contributed by atoms with Gasteiger partial charge in [-0.2, -0.15) is 5.10 Å². The van der Waals surface area contributed by atoms with Crippen molar-refractivity contribution in [3.05, 3.63) is 76.6 Å². The van der Waals surface area contributed by atoms with Crippen molar-refractivity contribution >= 4 is 5.91 Å². The summed E-state index contributed by atoms with van der Waals surface area (Å²) in [5.74, 6) is 1.10. The average Bonchev–Trinajstić information content (AvgIpc) is 3.04. The monoisotopic (exact) mass is 421 g/mol. The van der Waals surface area contributed by atoms with Crippen molar-refractivity contribution in [2.24, 2.45) is 0 Å². The van der Waals surface area contributed by atoms with Gasteiger partial charge in [-0.25, -0.2) is 0 Å². The number of aromatic nitrogens is 2. The zero-order chi connectivity index (χ0) is 22.2. The minimum atomic E-state index is -0.155. The van der Waals surface area contributed by atoms with Gasteiger partial charge in [-0.15, -0.1) is 0 Å². The van der Waals surface area contributed by atoms with E-state index in [-0.39, 0.29) is 5.91 Å². The Morgan fingerprint density at radius 1 is 1.03 bits per heavy atom. The minimum Gasteiger partial charge on any atom is -0.490 e. The summed E-state index contributed by atoms with van der Waals surface area (Å²) in [4.78, 5) is 12.8. The van der Waals surface area contributed by atoms with Crippen molar-refractivity contribution in [2.75, 3.05) is 13.2 Å². The molecule has 164 valence electrons. The summed E-state index contributed by atoms with van der Waals surface area (Å²) in [5.41, 5.74) is 4.75. The molecule has 1 amide bonds. The fourth-order valence-corrected chi connectivity index (χ4v) is 3.42. The second kappa shape index (κ2) is 10.7. The van der Waals surface area contributed by atoms with Gasteiger partial charge in [0.1, 0.15) is 0 Å². The van der Waals surface area contributed by atoms with Crippen LogP contribution in [0.5, 0.6) is 11.5 Å². The van der Waals surface area contributed by atoms with Crippen LogP contribution in [0.2, 0.25) is 0 Å². The van der Waals surface area contributed by atoms with E-state index in [1.54, 1.807) is 18.2 Å². The molecule has 0 aliphatic carbocycles. The lowest BCUT2D eigenvalue weighted by molar-refractivity contribution is 0.0950. The standard InChI is InChI=1S/C25H31N3O3/c1-5-14-31-23-13-12-21(15-24(23)30-6-2)25(29)26-16-22-18(3)27-28(19(22)4)17-20-10-8-7-9-11-20/h7-13,15H,5-6,14,16-17H2,1-4H3,(H,26,29). The number of rotatable bonds is 10. The zero-order valence-electron chi connectivity index (χ0n) is 18.8. The SMILES string of the molecule is CCCOc1ccc(C(=O)NCc2c(C)nn(Cc3ccccc3)c2C)cc1OCC.